The van der Waals surface area contributed by atoms with Crippen LogP contribution in [0.1, 0.15) is 5.56 Å². The van der Waals surface area contributed by atoms with Crippen molar-refractivity contribution in [2.24, 2.45) is 0 Å². The third kappa shape index (κ3) is 3.46. The standard InChI is InChI=1S/C13H9BrClFN2O2/c14-9-2-1-8(13(5-9)18(19)20)7-17-10-3-4-12(16)11(15)6-10/h1-6,17H,7H2. The lowest BCUT2D eigenvalue weighted by molar-refractivity contribution is -0.385. The number of nitrogens with one attached hydrogen (secondary N) is 1. The largest absolute Gasteiger partial charge is 0.381 e. The van der Waals surface area contributed by atoms with E-state index in [1.165, 1.54) is 24.3 Å². The molecule has 0 aliphatic carbocycles. The zero-order valence-electron chi connectivity index (χ0n) is 10.1. The van der Waals surface area contributed by atoms with Gasteiger partial charge in [0.05, 0.1) is 9.95 Å². The second-order valence-corrected chi connectivity index (χ2v) is 5.34. The summed E-state index contributed by atoms with van der Waals surface area (Å²) in [5.74, 6) is -0.508. The second-order valence-electron chi connectivity index (χ2n) is 4.01. The molecule has 2 rings (SSSR count). The van der Waals surface area contributed by atoms with Gasteiger partial charge in [-0.3, -0.25) is 10.1 Å². The molecule has 0 heterocycles. The van der Waals surface area contributed by atoms with Crippen molar-refractivity contribution in [1.82, 2.24) is 0 Å². The normalized spacial score (nSPS) is 10.3. The highest BCUT2D eigenvalue weighted by molar-refractivity contribution is 9.10. The van der Waals surface area contributed by atoms with E-state index < -0.39 is 10.7 Å². The lowest BCUT2D eigenvalue weighted by atomic mass is 10.1. The van der Waals surface area contributed by atoms with Gasteiger partial charge in [-0.1, -0.05) is 27.5 Å². The Morgan fingerprint density at radius 3 is 2.70 bits per heavy atom. The highest BCUT2D eigenvalue weighted by atomic mass is 79.9. The molecule has 20 heavy (non-hydrogen) atoms. The van der Waals surface area contributed by atoms with Gasteiger partial charge in [0, 0.05) is 28.3 Å². The average Bonchev–Trinajstić information content (AvgIpc) is 2.41. The Morgan fingerprint density at radius 2 is 2.05 bits per heavy atom. The fourth-order valence-corrected chi connectivity index (χ4v) is 2.19. The number of rotatable bonds is 4. The molecule has 7 heteroatoms. The molecule has 104 valence electrons. The van der Waals surface area contributed by atoms with E-state index >= 15 is 0 Å². The second kappa shape index (κ2) is 6.19. The molecule has 0 spiro atoms. The van der Waals surface area contributed by atoms with E-state index in [2.05, 4.69) is 21.2 Å². The first-order chi connectivity index (χ1) is 9.47. The van der Waals surface area contributed by atoms with Crippen molar-refractivity contribution in [3.05, 3.63) is 67.4 Å². The summed E-state index contributed by atoms with van der Waals surface area (Å²) >= 11 is 8.86. The highest BCUT2D eigenvalue weighted by Crippen LogP contribution is 2.25. The topological polar surface area (TPSA) is 55.2 Å². The summed E-state index contributed by atoms with van der Waals surface area (Å²) in [4.78, 5) is 10.5. The third-order valence-electron chi connectivity index (χ3n) is 2.65. The molecule has 0 amide bonds. The predicted octanol–water partition coefficient (Wildman–Crippen LogP) is 4.76. The van der Waals surface area contributed by atoms with Gasteiger partial charge in [0.1, 0.15) is 5.82 Å². The minimum absolute atomic E-state index is 0.000283. The van der Waals surface area contributed by atoms with Gasteiger partial charge in [-0.25, -0.2) is 4.39 Å². The van der Waals surface area contributed by atoms with Crippen LogP contribution in [0.2, 0.25) is 5.02 Å². The van der Waals surface area contributed by atoms with Gasteiger partial charge in [-0.15, -0.1) is 0 Å². The first-order valence-electron chi connectivity index (χ1n) is 5.59. The van der Waals surface area contributed by atoms with Crippen LogP contribution in [0.5, 0.6) is 0 Å². The molecule has 0 aliphatic rings. The molecule has 0 atom stereocenters. The number of hydrogen-bond acceptors (Lipinski definition) is 3. The van der Waals surface area contributed by atoms with Gasteiger partial charge in [0.25, 0.3) is 5.69 Å². The van der Waals surface area contributed by atoms with Gasteiger partial charge >= 0.3 is 0 Å². The quantitative estimate of drug-likeness (QED) is 0.632. The van der Waals surface area contributed by atoms with Crippen molar-refractivity contribution in [3.63, 3.8) is 0 Å². The summed E-state index contributed by atoms with van der Waals surface area (Å²) in [6.45, 7) is 0.242. The molecule has 4 nitrogen and oxygen atoms in total. The molecule has 0 fully saturated rings. The Balaban J connectivity index is 2.18. The number of nitro benzene ring substituents is 1. The summed E-state index contributed by atoms with van der Waals surface area (Å²) in [6, 6.07) is 9.00. The van der Waals surface area contributed by atoms with Crippen LogP contribution in [-0.2, 0) is 6.54 Å². The molecule has 0 radical (unpaired) electrons. The molecular formula is C13H9BrClFN2O2. The van der Waals surface area contributed by atoms with Crippen molar-refractivity contribution >= 4 is 38.9 Å². The van der Waals surface area contributed by atoms with Crippen LogP contribution in [0.25, 0.3) is 0 Å². The molecule has 0 saturated carbocycles. The Morgan fingerprint density at radius 1 is 1.30 bits per heavy atom. The van der Waals surface area contributed by atoms with E-state index in [1.54, 1.807) is 12.1 Å². The Hall–Kier alpha value is -1.66. The molecule has 0 bridgehead atoms. The smallest absolute Gasteiger partial charge is 0.275 e. The van der Waals surface area contributed by atoms with Crippen LogP contribution in [0.3, 0.4) is 0 Å². The first kappa shape index (κ1) is 14.7. The number of nitrogens with zero attached hydrogens (tertiary/aromatic N) is 1. The van der Waals surface area contributed by atoms with Crippen molar-refractivity contribution in [1.29, 1.82) is 0 Å². The minimum Gasteiger partial charge on any atom is -0.381 e. The lowest BCUT2D eigenvalue weighted by Gasteiger charge is -2.08. The lowest BCUT2D eigenvalue weighted by Crippen LogP contribution is -2.03. The van der Waals surface area contributed by atoms with Crippen LogP contribution >= 0.6 is 27.5 Å². The number of anilines is 1. The summed E-state index contributed by atoms with van der Waals surface area (Å²) in [7, 11) is 0. The molecule has 0 aromatic heterocycles. The Kier molecular flexibility index (Phi) is 4.57. The van der Waals surface area contributed by atoms with Gasteiger partial charge in [0.2, 0.25) is 0 Å². The van der Waals surface area contributed by atoms with Crippen molar-refractivity contribution in [3.8, 4) is 0 Å². The van der Waals surface area contributed by atoms with E-state index in [0.717, 1.165) is 0 Å². The predicted molar refractivity (Wildman–Crippen MR) is 79.5 cm³/mol. The molecule has 0 aliphatic heterocycles. The molecule has 2 aromatic rings. The Labute approximate surface area is 127 Å². The van der Waals surface area contributed by atoms with Crippen molar-refractivity contribution < 1.29 is 9.31 Å². The van der Waals surface area contributed by atoms with Gasteiger partial charge < -0.3 is 5.32 Å². The highest BCUT2D eigenvalue weighted by Gasteiger charge is 2.13. The van der Waals surface area contributed by atoms with Gasteiger partial charge in [0.15, 0.2) is 0 Å². The summed E-state index contributed by atoms with van der Waals surface area (Å²) in [6.07, 6.45) is 0. The maximum Gasteiger partial charge on any atom is 0.275 e. The maximum atomic E-state index is 13.0. The van der Waals surface area contributed by atoms with Crippen LogP contribution in [-0.4, -0.2) is 4.92 Å². The number of benzene rings is 2. The van der Waals surface area contributed by atoms with Crippen LogP contribution in [0.15, 0.2) is 40.9 Å². The third-order valence-corrected chi connectivity index (χ3v) is 3.43. The summed E-state index contributed by atoms with van der Waals surface area (Å²) in [5, 5.41) is 13.9. The van der Waals surface area contributed by atoms with Gasteiger partial charge in [-0.2, -0.15) is 0 Å². The average molecular weight is 360 g/mol. The maximum absolute atomic E-state index is 13.0. The van der Waals surface area contributed by atoms with Crippen LogP contribution in [0.4, 0.5) is 15.8 Å². The first-order valence-corrected chi connectivity index (χ1v) is 6.76. The molecule has 0 unspecified atom stereocenters. The number of halogens is 3. The molecular weight excluding hydrogens is 351 g/mol. The summed E-state index contributed by atoms with van der Waals surface area (Å²) < 4.78 is 13.7. The number of nitro groups is 1. The van der Waals surface area contributed by atoms with Crippen molar-refractivity contribution in [2.75, 3.05) is 5.32 Å². The zero-order chi connectivity index (χ0) is 14.7. The fraction of sp³-hybridized carbons (Fsp3) is 0.0769. The Bertz CT molecular complexity index is 667. The van der Waals surface area contributed by atoms with Gasteiger partial charge in [-0.05, 0) is 30.3 Å². The molecule has 0 saturated heterocycles. The van der Waals surface area contributed by atoms with Crippen LogP contribution in [0, 0.1) is 15.9 Å². The zero-order valence-corrected chi connectivity index (χ0v) is 12.4. The molecule has 2 aromatic carbocycles. The number of hydrogen-bond donors (Lipinski definition) is 1. The van der Waals surface area contributed by atoms with Crippen LogP contribution < -0.4 is 5.32 Å². The monoisotopic (exact) mass is 358 g/mol. The van der Waals surface area contributed by atoms with E-state index in [9.17, 15) is 14.5 Å². The van der Waals surface area contributed by atoms with E-state index in [0.29, 0.717) is 15.7 Å². The fourth-order valence-electron chi connectivity index (χ4n) is 1.66. The van der Waals surface area contributed by atoms with E-state index in [-0.39, 0.29) is 17.3 Å². The molecule has 1 N–H and O–H groups in total. The SMILES string of the molecule is O=[N+]([O-])c1cc(Br)ccc1CNc1ccc(F)c(Cl)c1. The minimum atomic E-state index is -0.508. The van der Waals surface area contributed by atoms with E-state index in [1.807, 2.05) is 0 Å². The summed E-state index contributed by atoms with van der Waals surface area (Å²) in [5.41, 5.74) is 1.13. The van der Waals surface area contributed by atoms with E-state index in [4.69, 9.17) is 11.6 Å². The van der Waals surface area contributed by atoms with Crippen molar-refractivity contribution in [2.45, 2.75) is 6.54 Å².